The first-order valence-corrected chi connectivity index (χ1v) is 9.86. The van der Waals surface area contributed by atoms with Crippen LogP contribution < -0.4 is 0 Å². The fourth-order valence-corrected chi connectivity index (χ4v) is 4.59. The van der Waals surface area contributed by atoms with E-state index in [1.165, 1.54) is 11.8 Å². The lowest BCUT2D eigenvalue weighted by atomic mass is 10.2. The monoisotopic (exact) mass is 368 g/mol. The molecule has 1 unspecified atom stereocenters. The molecule has 0 aliphatic rings. The van der Waals surface area contributed by atoms with E-state index >= 15 is 0 Å². The van der Waals surface area contributed by atoms with Crippen LogP contribution in [0.2, 0.25) is 0 Å². The summed E-state index contributed by atoms with van der Waals surface area (Å²) in [4.78, 5) is 19.0. The molecule has 128 valence electrons. The molecule has 0 fully saturated rings. The number of thiazole rings is 1. The number of nitrogens with zero attached hydrogens (tertiary/aromatic N) is 2. The quantitative estimate of drug-likeness (QED) is 0.577. The van der Waals surface area contributed by atoms with E-state index in [-0.39, 0.29) is 11.2 Å². The maximum atomic E-state index is 12.6. The zero-order valence-electron chi connectivity index (χ0n) is 14.3. The highest BCUT2D eigenvalue weighted by atomic mass is 32.2. The van der Waals surface area contributed by atoms with Crippen molar-refractivity contribution in [1.82, 2.24) is 9.88 Å². The Morgan fingerprint density at radius 1 is 1.12 bits per heavy atom. The second-order valence-corrected chi connectivity index (χ2v) is 8.25. The lowest BCUT2D eigenvalue weighted by Crippen LogP contribution is -2.32. The fourth-order valence-electron chi connectivity index (χ4n) is 2.50. The van der Waals surface area contributed by atoms with Gasteiger partial charge in [-0.25, -0.2) is 4.98 Å². The molecule has 5 heteroatoms. The van der Waals surface area contributed by atoms with E-state index in [0.717, 1.165) is 21.2 Å². The third kappa shape index (κ3) is 4.71. The van der Waals surface area contributed by atoms with Crippen LogP contribution in [0.3, 0.4) is 0 Å². The molecule has 0 saturated carbocycles. The summed E-state index contributed by atoms with van der Waals surface area (Å²) in [5.74, 6) is 0.116. The van der Waals surface area contributed by atoms with E-state index in [1.807, 2.05) is 80.0 Å². The summed E-state index contributed by atoms with van der Waals surface area (Å²) in [7, 11) is 1.85. The summed E-state index contributed by atoms with van der Waals surface area (Å²) in [5.41, 5.74) is 3.20. The van der Waals surface area contributed by atoms with Crippen molar-refractivity contribution >= 4 is 29.0 Å². The molecule has 0 spiro atoms. The highest BCUT2D eigenvalue weighted by Crippen LogP contribution is 2.31. The standard InChI is InChI=1S/C20H20N2OS2/c1-15(19(23)22(2)13-16-9-5-3-6-10-16)25-20-21-18(14-24-20)17-11-7-4-8-12-17/h3-12,14-15H,13H2,1-2H3. The van der Waals surface area contributed by atoms with Crippen LogP contribution in [0.15, 0.2) is 70.4 Å². The van der Waals surface area contributed by atoms with Crippen molar-refractivity contribution in [3.8, 4) is 11.3 Å². The molecule has 0 radical (unpaired) electrons. The van der Waals surface area contributed by atoms with Gasteiger partial charge in [-0.05, 0) is 12.5 Å². The van der Waals surface area contributed by atoms with E-state index in [9.17, 15) is 4.79 Å². The van der Waals surface area contributed by atoms with Crippen LogP contribution in [-0.4, -0.2) is 28.1 Å². The largest absolute Gasteiger partial charge is 0.340 e. The van der Waals surface area contributed by atoms with Crippen molar-refractivity contribution in [3.63, 3.8) is 0 Å². The van der Waals surface area contributed by atoms with Crippen LogP contribution in [0.1, 0.15) is 12.5 Å². The van der Waals surface area contributed by atoms with Crippen molar-refractivity contribution < 1.29 is 4.79 Å². The second-order valence-electron chi connectivity index (χ2n) is 5.80. The van der Waals surface area contributed by atoms with E-state index in [4.69, 9.17) is 0 Å². The molecule has 1 heterocycles. The van der Waals surface area contributed by atoms with Crippen LogP contribution in [0.4, 0.5) is 0 Å². The Bertz CT molecular complexity index is 818. The molecule has 0 N–H and O–H groups in total. The van der Waals surface area contributed by atoms with Gasteiger partial charge in [0.05, 0.1) is 10.9 Å². The Kier molecular flexibility index (Phi) is 5.89. The summed E-state index contributed by atoms with van der Waals surface area (Å²) < 4.78 is 0.924. The lowest BCUT2D eigenvalue weighted by Gasteiger charge is -2.20. The zero-order chi connectivity index (χ0) is 17.6. The molecule has 25 heavy (non-hydrogen) atoms. The SMILES string of the molecule is CC(Sc1nc(-c2ccccc2)cs1)C(=O)N(C)Cc1ccccc1. The Balaban J connectivity index is 1.61. The van der Waals surface area contributed by atoms with Crippen molar-refractivity contribution in [2.45, 2.75) is 23.1 Å². The predicted octanol–water partition coefficient (Wildman–Crippen LogP) is 4.95. The lowest BCUT2D eigenvalue weighted by molar-refractivity contribution is -0.129. The average molecular weight is 369 g/mol. The Morgan fingerprint density at radius 3 is 2.44 bits per heavy atom. The summed E-state index contributed by atoms with van der Waals surface area (Å²) in [6.45, 7) is 2.57. The van der Waals surface area contributed by atoms with Crippen molar-refractivity contribution in [1.29, 1.82) is 0 Å². The number of amides is 1. The van der Waals surface area contributed by atoms with Gasteiger partial charge in [0.2, 0.25) is 5.91 Å². The van der Waals surface area contributed by atoms with Crippen LogP contribution in [0.5, 0.6) is 0 Å². The second kappa shape index (κ2) is 8.32. The van der Waals surface area contributed by atoms with Crippen LogP contribution >= 0.6 is 23.1 Å². The maximum Gasteiger partial charge on any atom is 0.235 e. The topological polar surface area (TPSA) is 33.2 Å². The Labute approximate surface area is 156 Å². The normalized spacial score (nSPS) is 11.9. The Hall–Kier alpha value is -2.11. The highest BCUT2D eigenvalue weighted by Gasteiger charge is 2.20. The number of aromatic nitrogens is 1. The van der Waals surface area contributed by atoms with E-state index in [2.05, 4.69) is 4.98 Å². The zero-order valence-corrected chi connectivity index (χ0v) is 15.9. The molecule has 0 aliphatic heterocycles. The first-order chi connectivity index (χ1) is 12.1. The fraction of sp³-hybridized carbons (Fsp3) is 0.200. The van der Waals surface area contributed by atoms with Gasteiger partial charge < -0.3 is 4.90 Å². The Morgan fingerprint density at radius 2 is 1.76 bits per heavy atom. The van der Waals surface area contributed by atoms with Gasteiger partial charge in [0, 0.05) is 24.5 Å². The molecule has 0 bridgehead atoms. The summed E-state index contributed by atoms with van der Waals surface area (Å²) in [6, 6.07) is 20.1. The molecule has 1 aromatic heterocycles. The number of hydrogen-bond donors (Lipinski definition) is 0. The van der Waals surface area contributed by atoms with Gasteiger partial charge >= 0.3 is 0 Å². The minimum atomic E-state index is -0.163. The van der Waals surface area contributed by atoms with E-state index < -0.39 is 0 Å². The number of carbonyl (C=O) groups excluding carboxylic acids is 1. The first-order valence-electron chi connectivity index (χ1n) is 8.10. The van der Waals surface area contributed by atoms with Gasteiger partial charge in [0.25, 0.3) is 0 Å². The summed E-state index contributed by atoms with van der Waals surface area (Å²) in [6.07, 6.45) is 0. The maximum absolute atomic E-state index is 12.6. The smallest absolute Gasteiger partial charge is 0.235 e. The van der Waals surface area contributed by atoms with Crippen molar-refractivity contribution in [3.05, 3.63) is 71.6 Å². The number of hydrogen-bond acceptors (Lipinski definition) is 4. The predicted molar refractivity (Wildman–Crippen MR) is 106 cm³/mol. The molecular weight excluding hydrogens is 348 g/mol. The minimum Gasteiger partial charge on any atom is -0.340 e. The molecule has 0 saturated heterocycles. The van der Waals surface area contributed by atoms with Crippen molar-refractivity contribution in [2.75, 3.05) is 7.05 Å². The van der Waals surface area contributed by atoms with Gasteiger partial charge in [-0.2, -0.15) is 0 Å². The van der Waals surface area contributed by atoms with Gasteiger partial charge in [-0.15, -0.1) is 11.3 Å². The number of benzene rings is 2. The molecule has 3 rings (SSSR count). The van der Waals surface area contributed by atoms with Crippen LogP contribution in [0.25, 0.3) is 11.3 Å². The third-order valence-electron chi connectivity index (χ3n) is 3.82. The molecular formula is C20H20N2OS2. The summed E-state index contributed by atoms with van der Waals surface area (Å²) in [5, 5.41) is 1.88. The molecule has 1 atom stereocenters. The molecule has 1 amide bonds. The van der Waals surface area contributed by atoms with Crippen molar-refractivity contribution in [2.24, 2.45) is 0 Å². The van der Waals surface area contributed by atoms with Gasteiger partial charge in [0.1, 0.15) is 0 Å². The molecule has 0 aliphatic carbocycles. The van der Waals surface area contributed by atoms with Gasteiger partial charge in [0.15, 0.2) is 4.34 Å². The van der Waals surface area contributed by atoms with Gasteiger partial charge in [-0.1, -0.05) is 72.4 Å². The molecule has 3 nitrogen and oxygen atoms in total. The van der Waals surface area contributed by atoms with E-state index in [1.54, 1.807) is 16.2 Å². The van der Waals surface area contributed by atoms with Crippen LogP contribution in [0, 0.1) is 0 Å². The number of rotatable bonds is 6. The number of thioether (sulfide) groups is 1. The average Bonchev–Trinajstić information content (AvgIpc) is 3.11. The van der Waals surface area contributed by atoms with Crippen LogP contribution in [-0.2, 0) is 11.3 Å². The molecule has 2 aromatic carbocycles. The molecule has 3 aromatic rings. The first kappa shape index (κ1) is 17.7. The highest BCUT2D eigenvalue weighted by molar-refractivity contribution is 8.02. The third-order valence-corrected chi connectivity index (χ3v) is 5.88. The number of carbonyl (C=O) groups is 1. The summed E-state index contributed by atoms with van der Waals surface area (Å²) >= 11 is 3.11. The van der Waals surface area contributed by atoms with E-state index in [0.29, 0.717) is 6.54 Å². The van der Waals surface area contributed by atoms with Gasteiger partial charge in [-0.3, -0.25) is 4.79 Å². The minimum absolute atomic E-state index is 0.116.